The van der Waals surface area contributed by atoms with Crippen LogP contribution < -0.4 is 15.4 Å². The van der Waals surface area contributed by atoms with Crippen LogP contribution in [0.3, 0.4) is 0 Å². The molecule has 2 aromatic carbocycles. The van der Waals surface area contributed by atoms with Gasteiger partial charge in [0.25, 0.3) is 0 Å². The molecule has 130 valence electrons. The summed E-state index contributed by atoms with van der Waals surface area (Å²) in [6.07, 6.45) is 1.61. The lowest BCUT2D eigenvalue weighted by Crippen LogP contribution is -2.35. The van der Waals surface area contributed by atoms with Gasteiger partial charge in [0.1, 0.15) is 11.6 Å². The number of carbonyl (C=O) groups excluding carboxylic acids is 1. The number of para-hydroxylation sites is 3. The van der Waals surface area contributed by atoms with E-state index in [0.717, 1.165) is 41.0 Å². The number of ether oxygens (including phenoxy) is 1. The highest BCUT2D eigenvalue weighted by atomic mass is 16.5. The normalized spacial score (nSPS) is 10.6. The number of nitrogens with zero attached hydrogens (tertiary/aromatic N) is 1. The van der Waals surface area contributed by atoms with E-state index in [9.17, 15) is 4.79 Å². The highest BCUT2D eigenvalue weighted by Crippen LogP contribution is 2.16. The third-order valence-electron chi connectivity index (χ3n) is 3.95. The highest BCUT2D eigenvalue weighted by Gasteiger charge is 2.05. The Balaban J connectivity index is 1.39. The van der Waals surface area contributed by atoms with E-state index in [2.05, 4.69) is 20.6 Å². The Kier molecular flexibility index (Phi) is 5.51. The Morgan fingerprint density at radius 3 is 2.76 bits per heavy atom. The van der Waals surface area contributed by atoms with Gasteiger partial charge in [0, 0.05) is 25.1 Å². The van der Waals surface area contributed by atoms with E-state index in [4.69, 9.17) is 4.74 Å². The number of benzene rings is 2. The Morgan fingerprint density at radius 2 is 1.92 bits per heavy atom. The number of rotatable bonds is 7. The summed E-state index contributed by atoms with van der Waals surface area (Å²) in [5.41, 5.74) is 2.96. The number of aryl methyl sites for hydroxylation is 1. The van der Waals surface area contributed by atoms with E-state index in [1.807, 2.05) is 48.5 Å². The van der Waals surface area contributed by atoms with Crippen molar-refractivity contribution in [2.45, 2.75) is 19.4 Å². The number of aromatic amines is 1. The van der Waals surface area contributed by atoms with Crippen LogP contribution in [0.4, 0.5) is 4.79 Å². The van der Waals surface area contributed by atoms with Gasteiger partial charge < -0.3 is 20.4 Å². The zero-order valence-electron chi connectivity index (χ0n) is 14.2. The molecule has 1 aromatic heterocycles. The summed E-state index contributed by atoms with van der Waals surface area (Å²) >= 11 is 0. The molecule has 25 heavy (non-hydrogen) atoms. The first-order chi connectivity index (χ1) is 12.3. The number of amides is 2. The van der Waals surface area contributed by atoms with Gasteiger partial charge in [-0.25, -0.2) is 9.78 Å². The molecule has 2 amide bonds. The van der Waals surface area contributed by atoms with Gasteiger partial charge in [0.15, 0.2) is 0 Å². The molecule has 0 aliphatic carbocycles. The fourth-order valence-corrected chi connectivity index (χ4v) is 2.67. The predicted octanol–water partition coefficient (Wildman–Crippen LogP) is 3.00. The molecule has 0 unspecified atom stereocenters. The Labute approximate surface area is 146 Å². The van der Waals surface area contributed by atoms with E-state index in [1.165, 1.54) is 0 Å². The largest absolute Gasteiger partial charge is 0.496 e. The number of hydrogen-bond donors (Lipinski definition) is 3. The van der Waals surface area contributed by atoms with Crippen LogP contribution in [-0.2, 0) is 13.0 Å². The van der Waals surface area contributed by atoms with E-state index in [-0.39, 0.29) is 6.03 Å². The lowest BCUT2D eigenvalue weighted by molar-refractivity contribution is 0.240. The number of H-pyrrole nitrogens is 1. The van der Waals surface area contributed by atoms with Crippen LogP contribution >= 0.6 is 0 Å². The van der Waals surface area contributed by atoms with Crippen LogP contribution in [0.2, 0.25) is 0 Å². The van der Waals surface area contributed by atoms with Gasteiger partial charge in [-0.05, 0) is 24.6 Å². The second kappa shape index (κ2) is 8.19. The maximum atomic E-state index is 11.9. The molecular formula is C19H22N4O2. The average Bonchev–Trinajstić information content (AvgIpc) is 3.06. The van der Waals surface area contributed by atoms with Crippen molar-refractivity contribution in [1.82, 2.24) is 20.6 Å². The van der Waals surface area contributed by atoms with Crippen LogP contribution in [0.25, 0.3) is 11.0 Å². The molecule has 3 aromatic rings. The number of nitrogens with one attached hydrogen (secondary N) is 3. The van der Waals surface area contributed by atoms with Crippen molar-refractivity contribution in [2.24, 2.45) is 0 Å². The molecule has 6 heteroatoms. The van der Waals surface area contributed by atoms with Crippen molar-refractivity contribution in [3.8, 4) is 5.75 Å². The van der Waals surface area contributed by atoms with Crippen molar-refractivity contribution in [2.75, 3.05) is 13.7 Å². The monoisotopic (exact) mass is 338 g/mol. The molecule has 1 heterocycles. The number of hydrogen-bond acceptors (Lipinski definition) is 3. The second-order valence-electron chi connectivity index (χ2n) is 5.73. The van der Waals surface area contributed by atoms with Gasteiger partial charge in [-0.15, -0.1) is 0 Å². The van der Waals surface area contributed by atoms with E-state index >= 15 is 0 Å². The summed E-state index contributed by atoms with van der Waals surface area (Å²) < 4.78 is 5.27. The number of urea groups is 1. The number of fused-ring (bicyclic) bond motifs is 1. The molecule has 0 saturated carbocycles. The minimum atomic E-state index is -0.185. The number of carbonyl (C=O) groups is 1. The lowest BCUT2D eigenvalue weighted by atomic mass is 10.2. The van der Waals surface area contributed by atoms with Crippen LogP contribution in [0.5, 0.6) is 5.75 Å². The second-order valence-corrected chi connectivity index (χ2v) is 5.73. The van der Waals surface area contributed by atoms with Crippen molar-refractivity contribution in [3.63, 3.8) is 0 Å². The summed E-state index contributed by atoms with van der Waals surface area (Å²) in [5, 5.41) is 5.70. The first-order valence-corrected chi connectivity index (χ1v) is 8.33. The zero-order valence-corrected chi connectivity index (χ0v) is 14.2. The standard InChI is InChI=1S/C19H22N4O2/c1-25-17-10-5-2-7-14(17)13-21-19(24)20-12-6-11-18-22-15-8-3-4-9-16(15)23-18/h2-5,7-10H,6,11-13H2,1H3,(H,22,23)(H2,20,21,24). The van der Waals surface area contributed by atoms with Crippen molar-refractivity contribution in [1.29, 1.82) is 0 Å². The zero-order chi connectivity index (χ0) is 17.5. The van der Waals surface area contributed by atoms with Gasteiger partial charge in [0.05, 0.1) is 18.1 Å². The molecule has 3 N–H and O–H groups in total. The summed E-state index contributed by atoms with van der Waals surface area (Å²) in [7, 11) is 1.62. The fraction of sp³-hybridized carbons (Fsp3) is 0.263. The van der Waals surface area contributed by atoms with Crippen LogP contribution in [0.15, 0.2) is 48.5 Å². The first kappa shape index (κ1) is 16.8. The number of aromatic nitrogens is 2. The minimum absolute atomic E-state index is 0.185. The van der Waals surface area contributed by atoms with E-state index in [0.29, 0.717) is 13.1 Å². The topological polar surface area (TPSA) is 79.0 Å². The molecule has 0 spiro atoms. The van der Waals surface area contributed by atoms with Crippen molar-refractivity contribution < 1.29 is 9.53 Å². The van der Waals surface area contributed by atoms with Crippen LogP contribution in [0.1, 0.15) is 17.8 Å². The predicted molar refractivity (Wildman–Crippen MR) is 97.6 cm³/mol. The van der Waals surface area contributed by atoms with Crippen LogP contribution in [0, 0.1) is 0 Å². The molecule has 0 saturated heterocycles. The minimum Gasteiger partial charge on any atom is -0.496 e. The maximum absolute atomic E-state index is 11.9. The van der Waals surface area contributed by atoms with E-state index in [1.54, 1.807) is 7.11 Å². The van der Waals surface area contributed by atoms with Gasteiger partial charge >= 0.3 is 6.03 Å². The summed E-state index contributed by atoms with van der Waals surface area (Å²) in [5.74, 6) is 1.71. The van der Waals surface area contributed by atoms with Crippen LogP contribution in [-0.4, -0.2) is 29.7 Å². The third kappa shape index (κ3) is 4.50. The SMILES string of the molecule is COc1ccccc1CNC(=O)NCCCc1nc2ccccc2[nH]1. The molecule has 0 aliphatic rings. The summed E-state index contributed by atoms with van der Waals surface area (Å²) in [6, 6.07) is 15.4. The number of methoxy groups -OCH3 is 1. The molecular weight excluding hydrogens is 316 g/mol. The Bertz CT molecular complexity index is 811. The summed E-state index contributed by atoms with van der Waals surface area (Å²) in [6.45, 7) is 1.02. The highest BCUT2D eigenvalue weighted by molar-refractivity contribution is 5.75. The van der Waals surface area contributed by atoms with Crippen molar-refractivity contribution in [3.05, 3.63) is 59.9 Å². The molecule has 0 atom stereocenters. The molecule has 3 rings (SSSR count). The van der Waals surface area contributed by atoms with E-state index < -0.39 is 0 Å². The van der Waals surface area contributed by atoms with Gasteiger partial charge in [0.2, 0.25) is 0 Å². The maximum Gasteiger partial charge on any atom is 0.315 e. The fourth-order valence-electron chi connectivity index (χ4n) is 2.67. The smallest absolute Gasteiger partial charge is 0.315 e. The van der Waals surface area contributed by atoms with Gasteiger partial charge in [-0.3, -0.25) is 0 Å². The Morgan fingerprint density at radius 1 is 1.12 bits per heavy atom. The third-order valence-corrected chi connectivity index (χ3v) is 3.95. The lowest BCUT2D eigenvalue weighted by Gasteiger charge is -2.10. The first-order valence-electron chi connectivity index (χ1n) is 8.33. The Hall–Kier alpha value is -3.02. The molecule has 6 nitrogen and oxygen atoms in total. The molecule has 0 fully saturated rings. The molecule has 0 aliphatic heterocycles. The quantitative estimate of drug-likeness (QED) is 0.580. The van der Waals surface area contributed by atoms with Gasteiger partial charge in [-0.2, -0.15) is 0 Å². The van der Waals surface area contributed by atoms with Crippen molar-refractivity contribution >= 4 is 17.1 Å². The number of imidazole rings is 1. The van der Waals surface area contributed by atoms with Gasteiger partial charge in [-0.1, -0.05) is 30.3 Å². The average molecular weight is 338 g/mol. The molecule has 0 radical (unpaired) electrons. The summed E-state index contributed by atoms with van der Waals surface area (Å²) in [4.78, 5) is 19.7. The molecule has 0 bridgehead atoms.